The van der Waals surface area contributed by atoms with Gasteiger partial charge in [0.25, 0.3) is 5.91 Å². The van der Waals surface area contributed by atoms with Crippen LogP contribution >= 0.6 is 0 Å². The number of fused-ring (bicyclic) bond motifs is 4. The van der Waals surface area contributed by atoms with E-state index in [9.17, 15) is 9.59 Å². The number of furan rings is 1. The van der Waals surface area contributed by atoms with Crippen molar-refractivity contribution < 1.29 is 14.0 Å². The lowest BCUT2D eigenvalue weighted by atomic mass is 9.71. The van der Waals surface area contributed by atoms with Crippen molar-refractivity contribution in [2.45, 2.75) is 64.5 Å². The Bertz CT molecular complexity index is 948. The first-order valence-electron chi connectivity index (χ1n) is 11.3. The number of aromatic amines is 1. The first-order chi connectivity index (χ1) is 14.5. The quantitative estimate of drug-likeness (QED) is 0.835. The summed E-state index contributed by atoms with van der Waals surface area (Å²) < 4.78 is 5.65. The monoisotopic (exact) mass is 410 g/mol. The Balaban J connectivity index is 1.37. The van der Waals surface area contributed by atoms with Crippen LogP contribution in [-0.4, -0.2) is 57.0 Å². The highest BCUT2D eigenvalue weighted by molar-refractivity contribution is 5.93. The van der Waals surface area contributed by atoms with Crippen LogP contribution in [0.25, 0.3) is 11.5 Å². The van der Waals surface area contributed by atoms with Crippen LogP contribution < -0.4 is 0 Å². The summed E-state index contributed by atoms with van der Waals surface area (Å²) in [5.74, 6) is 2.54. The molecule has 3 aliphatic rings. The number of carbonyl (C=O) groups excluding carboxylic acids is 2. The molecule has 3 saturated heterocycles. The van der Waals surface area contributed by atoms with Crippen molar-refractivity contribution in [2.75, 3.05) is 13.1 Å². The number of hydrogen-bond acceptors (Lipinski definition) is 4. The van der Waals surface area contributed by atoms with Crippen LogP contribution in [0.5, 0.6) is 0 Å². The van der Waals surface area contributed by atoms with E-state index in [2.05, 4.69) is 22.0 Å². The summed E-state index contributed by atoms with van der Waals surface area (Å²) in [6, 6.07) is 6.11. The van der Waals surface area contributed by atoms with Gasteiger partial charge in [0.05, 0.1) is 0 Å². The van der Waals surface area contributed by atoms with E-state index in [4.69, 9.17) is 4.42 Å². The number of piperidine rings is 3. The summed E-state index contributed by atoms with van der Waals surface area (Å²) in [4.78, 5) is 30.2. The van der Waals surface area contributed by atoms with E-state index < -0.39 is 0 Å². The highest BCUT2D eigenvalue weighted by Crippen LogP contribution is 2.43. The van der Waals surface area contributed by atoms with Crippen molar-refractivity contribution in [1.29, 1.82) is 0 Å². The van der Waals surface area contributed by atoms with Crippen LogP contribution in [0.2, 0.25) is 0 Å². The molecule has 7 nitrogen and oxygen atoms in total. The fraction of sp³-hybridized carbons (Fsp3) is 0.609. The third kappa shape index (κ3) is 3.24. The van der Waals surface area contributed by atoms with Crippen molar-refractivity contribution in [1.82, 2.24) is 20.0 Å². The second-order valence-corrected chi connectivity index (χ2v) is 9.16. The molecule has 0 radical (unpaired) electrons. The topological polar surface area (TPSA) is 82.4 Å². The van der Waals surface area contributed by atoms with E-state index in [1.165, 1.54) is 0 Å². The molecule has 2 bridgehead atoms. The molecule has 3 aliphatic heterocycles. The van der Waals surface area contributed by atoms with Crippen molar-refractivity contribution in [3.05, 3.63) is 29.7 Å². The van der Waals surface area contributed by atoms with Gasteiger partial charge < -0.3 is 14.2 Å². The Morgan fingerprint density at radius 1 is 1.30 bits per heavy atom. The highest BCUT2D eigenvalue weighted by atomic mass is 16.3. The van der Waals surface area contributed by atoms with Gasteiger partial charge >= 0.3 is 0 Å². The van der Waals surface area contributed by atoms with Crippen molar-refractivity contribution in [2.24, 2.45) is 11.8 Å². The number of rotatable bonds is 4. The predicted octanol–water partition coefficient (Wildman–Crippen LogP) is 3.62. The van der Waals surface area contributed by atoms with Gasteiger partial charge in [-0.3, -0.25) is 14.7 Å². The summed E-state index contributed by atoms with van der Waals surface area (Å²) in [6.45, 7) is 5.50. The molecule has 2 amide bonds. The van der Waals surface area contributed by atoms with Crippen LogP contribution in [0.15, 0.2) is 22.6 Å². The maximum atomic E-state index is 13.3. The van der Waals surface area contributed by atoms with Gasteiger partial charge in [0.15, 0.2) is 11.5 Å². The molecule has 3 fully saturated rings. The summed E-state index contributed by atoms with van der Waals surface area (Å²) in [7, 11) is 0. The molecule has 5 heterocycles. The molecule has 2 aromatic rings. The van der Waals surface area contributed by atoms with E-state index in [0.717, 1.165) is 43.6 Å². The normalized spacial score (nSPS) is 28.5. The number of nitrogens with one attached hydrogen (secondary N) is 1. The largest absolute Gasteiger partial charge is 0.460 e. The number of aryl methyl sites for hydroxylation is 1. The van der Waals surface area contributed by atoms with E-state index in [-0.39, 0.29) is 18.0 Å². The number of carbonyl (C=O) groups is 2. The first-order valence-corrected chi connectivity index (χ1v) is 11.3. The molecule has 0 aliphatic carbocycles. The van der Waals surface area contributed by atoms with E-state index in [0.29, 0.717) is 48.7 Å². The Morgan fingerprint density at radius 2 is 2.13 bits per heavy atom. The second-order valence-electron chi connectivity index (χ2n) is 9.16. The molecule has 0 aromatic carbocycles. The van der Waals surface area contributed by atoms with Crippen LogP contribution in [-0.2, 0) is 4.79 Å². The molecule has 7 heteroatoms. The SMILES string of the molecule is CCC[C@H]1[C@H]2C[C@H](CN(C(=O)c3cc(-c4ccc(C)o4)[nH]n3)C2)[C@@H]2CCCC(=O)N21. The fourth-order valence-electron chi connectivity index (χ4n) is 5.91. The summed E-state index contributed by atoms with van der Waals surface area (Å²) in [5.41, 5.74) is 1.15. The highest BCUT2D eigenvalue weighted by Gasteiger charge is 2.49. The van der Waals surface area contributed by atoms with Gasteiger partial charge in [0, 0.05) is 37.7 Å². The van der Waals surface area contributed by atoms with E-state index in [1.807, 2.05) is 24.0 Å². The predicted molar refractivity (Wildman–Crippen MR) is 112 cm³/mol. The minimum atomic E-state index is -0.0266. The van der Waals surface area contributed by atoms with Gasteiger partial charge in [-0.05, 0) is 56.6 Å². The molecule has 0 saturated carbocycles. The molecule has 2 aromatic heterocycles. The number of likely N-dealkylation sites (tertiary alicyclic amines) is 1. The lowest BCUT2D eigenvalue weighted by Crippen LogP contribution is -2.65. The van der Waals surface area contributed by atoms with Crippen LogP contribution in [0.1, 0.15) is 61.7 Å². The number of amides is 2. The van der Waals surface area contributed by atoms with E-state index in [1.54, 1.807) is 6.07 Å². The summed E-state index contributed by atoms with van der Waals surface area (Å²) in [5, 5.41) is 7.22. The van der Waals surface area contributed by atoms with Crippen LogP contribution in [0, 0.1) is 18.8 Å². The third-order valence-corrected chi connectivity index (χ3v) is 7.17. The smallest absolute Gasteiger partial charge is 0.274 e. The van der Waals surface area contributed by atoms with E-state index >= 15 is 0 Å². The Hall–Kier alpha value is -2.57. The zero-order chi connectivity index (χ0) is 20.8. The van der Waals surface area contributed by atoms with Gasteiger partial charge in [0.2, 0.25) is 5.91 Å². The fourth-order valence-corrected chi connectivity index (χ4v) is 5.91. The molecule has 160 valence electrons. The van der Waals surface area contributed by atoms with Crippen molar-refractivity contribution in [3.63, 3.8) is 0 Å². The van der Waals surface area contributed by atoms with Gasteiger partial charge in [-0.2, -0.15) is 5.10 Å². The zero-order valence-electron chi connectivity index (χ0n) is 17.8. The van der Waals surface area contributed by atoms with Gasteiger partial charge in [0.1, 0.15) is 11.5 Å². The van der Waals surface area contributed by atoms with Crippen molar-refractivity contribution in [3.8, 4) is 11.5 Å². The minimum Gasteiger partial charge on any atom is -0.460 e. The first kappa shape index (κ1) is 19.4. The Morgan fingerprint density at radius 3 is 2.90 bits per heavy atom. The summed E-state index contributed by atoms with van der Waals surface area (Å²) in [6.07, 6.45) is 5.92. The number of hydrogen-bond donors (Lipinski definition) is 1. The van der Waals surface area contributed by atoms with Crippen LogP contribution in [0.4, 0.5) is 0 Å². The molecular weight excluding hydrogens is 380 g/mol. The lowest BCUT2D eigenvalue weighted by molar-refractivity contribution is -0.152. The third-order valence-electron chi connectivity index (χ3n) is 7.17. The molecule has 1 N–H and O–H groups in total. The van der Waals surface area contributed by atoms with Crippen molar-refractivity contribution >= 4 is 11.8 Å². The molecule has 4 atom stereocenters. The number of H-pyrrole nitrogens is 1. The van der Waals surface area contributed by atoms with Gasteiger partial charge in [-0.25, -0.2) is 0 Å². The number of nitrogens with zero attached hydrogens (tertiary/aromatic N) is 3. The molecule has 5 rings (SSSR count). The maximum Gasteiger partial charge on any atom is 0.274 e. The Labute approximate surface area is 176 Å². The Kier molecular flexibility index (Phi) is 4.91. The lowest BCUT2D eigenvalue weighted by Gasteiger charge is -2.56. The van der Waals surface area contributed by atoms with Crippen LogP contribution in [0.3, 0.4) is 0 Å². The van der Waals surface area contributed by atoms with Gasteiger partial charge in [-0.1, -0.05) is 13.3 Å². The maximum absolute atomic E-state index is 13.3. The second kappa shape index (κ2) is 7.60. The molecule has 0 spiro atoms. The molecule has 0 unspecified atom stereocenters. The average molecular weight is 411 g/mol. The summed E-state index contributed by atoms with van der Waals surface area (Å²) >= 11 is 0. The zero-order valence-corrected chi connectivity index (χ0v) is 17.8. The van der Waals surface area contributed by atoms with Gasteiger partial charge in [-0.15, -0.1) is 0 Å². The number of aromatic nitrogens is 2. The molecule has 30 heavy (non-hydrogen) atoms. The minimum absolute atomic E-state index is 0.0266. The standard InChI is InChI=1S/C23H30N4O3/c1-3-5-19-15-10-16(20-6-4-7-22(28)27(19)20)13-26(12-15)23(29)18-11-17(24-25-18)21-9-8-14(2)30-21/h8-9,11,15-16,19-20H,3-7,10,12-13H2,1-2H3,(H,24,25)/t15-,16+,19-,20-/m0/s1. The molecular formula is C23H30N4O3. The average Bonchev–Trinajstić information content (AvgIpc) is 3.40.